The van der Waals surface area contributed by atoms with Crippen LogP contribution in [0.3, 0.4) is 0 Å². The fourth-order valence-corrected chi connectivity index (χ4v) is 1.73. The summed E-state index contributed by atoms with van der Waals surface area (Å²) in [7, 11) is 0. The number of hydrogen-bond acceptors (Lipinski definition) is 4. The van der Waals surface area contributed by atoms with Crippen LogP contribution in [0, 0.1) is 0 Å². The van der Waals surface area contributed by atoms with Crippen LogP contribution in [0.15, 0.2) is 0 Å². The molecule has 0 atom stereocenters. The van der Waals surface area contributed by atoms with E-state index in [2.05, 4.69) is 48.1 Å². The van der Waals surface area contributed by atoms with Crippen molar-refractivity contribution >= 4 is 0 Å². The Bertz CT molecular complexity index is 154. The van der Waals surface area contributed by atoms with Crippen LogP contribution in [0.1, 0.15) is 27.7 Å². The Balaban J connectivity index is 2.09. The topological polar surface area (TPSA) is 30.5 Å². The number of piperazine rings is 1. The van der Waals surface area contributed by atoms with Gasteiger partial charge in [-0.1, -0.05) is 0 Å². The molecule has 0 bridgehead atoms. The van der Waals surface area contributed by atoms with E-state index in [9.17, 15) is 0 Å². The van der Waals surface area contributed by atoms with Crippen molar-refractivity contribution in [3.05, 3.63) is 0 Å². The van der Waals surface area contributed by atoms with Gasteiger partial charge >= 0.3 is 0 Å². The molecular formula is C12H28N4. The Morgan fingerprint density at radius 3 is 1.31 bits per heavy atom. The molecule has 2 N–H and O–H groups in total. The third-order valence-corrected chi connectivity index (χ3v) is 2.91. The van der Waals surface area contributed by atoms with Crippen molar-refractivity contribution in [2.45, 2.75) is 39.8 Å². The summed E-state index contributed by atoms with van der Waals surface area (Å²) in [4.78, 5) is 4.98. The van der Waals surface area contributed by atoms with Crippen LogP contribution in [-0.2, 0) is 0 Å². The van der Waals surface area contributed by atoms with Crippen molar-refractivity contribution in [2.75, 3.05) is 39.5 Å². The van der Waals surface area contributed by atoms with Gasteiger partial charge in [-0.2, -0.15) is 0 Å². The van der Waals surface area contributed by atoms with Crippen LogP contribution in [0.5, 0.6) is 0 Å². The van der Waals surface area contributed by atoms with Gasteiger partial charge in [0.05, 0.1) is 0 Å². The molecule has 1 heterocycles. The van der Waals surface area contributed by atoms with Crippen LogP contribution in [0.25, 0.3) is 0 Å². The quantitative estimate of drug-likeness (QED) is 0.694. The molecule has 1 aliphatic rings. The van der Waals surface area contributed by atoms with Crippen LogP contribution in [0.4, 0.5) is 0 Å². The van der Waals surface area contributed by atoms with Gasteiger partial charge in [0, 0.05) is 51.6 Å². The summed E-state index contributed by atoms with van der Waals surface area (Å²) in [6.07, 6.45) is 0. The first-order valence-corrected chi connectivity index (χ1v) is 6.49. The van der Waals surface area contributed by atoms with E-state index in [1.165, 1.54) is 26.2 Å². The van der Waals surface area contributed by atoms with E-state index in [1.807, 2.05) is 0 Å². The second-order valence-corrected chi connectivity index (χ2v) is 5.27. The molecule has 16 heavy (non-hydrogen) atoms. The number of rotatable bonds is 6. The van der Waals surface area contributed by atoms with Gasteiger partial charge in [0.2, 0.25) is 0 Å². The maximum Gasteiger partial charge on any atom is 0.0483 e. The number of hydrogen-bond donors (Lipinski definition) is 2. The highest BCUT2D eigenvalue weighted by Gasteiger charge is 2.16. The lowest BCUT2D eigenvalue weighted by molar-refractivity contribution is 0.114. The molecule has 0 aliphatic carbocycles. The fourth-order valence-electron chi connectivity index (χ4n) is 1.73. The predicted molar refractivity (Wildman–Crippen MR) is 69.4 cm³/mol. The summed E-state index contributed by atoms with van der Waals surface area (Å²) in [5.41, 5.74) is 0. The maximum absolute atomic E-state index is 3.47. The standard InChI is InChI=1S/C12H28N4/c1-11(2)13-9-15-5-7-16(8-6-15)10-14-12(3)4/h11-14H,5-10H2,1-4H3. The molecule has 0 radical (unpaired) electrons. The van der Waals surface area contributed by atoms with Crippen molar-refractivity contribution in [2.24, 2.45) is 0 Å². The first-order valence-electron chi connectivity index (χ1n) is 6.49. The zero-order chi connectivity index (χ0) is 12.0. The van der Waals surface area contributed by atoms with Crippen molar-refractivity contribution in [3.8, 4) is 0 Å². The normalized spacial score (nSPS) is 19.9. The smallest absolute Gasteiger partial charge is 0.0483 e. The molecule has 96 valence electrons. The molecule has 0 aromatic rings. The molecule has 1 rings (SSSR count). The second kappa shape index (κ2) is 7.22. The zero-order valence-corrected chi connectivity index (χ0v) is 11.3. The molecule has 1 saturated heterocycles. The van der Waals surface area contributed by atoms with E-state index < -0.39 is 0 Å². The molecule has 0 saturated carbocycles. The maximum atomic E-state index is 3.47. The molecule has 0 aromatic carbocycles. The van der Waals surface area contributed by atoms with Gasteiger partial charge in [-0.25, -0.2) is 0 Å². The molecule has 0 amide bonds. The number of nitrogens with zero attached hydrogens (tertiary/aromatic N) is 2. The monoisotopic (exact) mass is 228 g/mol. The molecule has 0 unspecified atom stereocenters. The van der Waals surface area contributed by atoms with E-state index in [1.54, 1.807) is 0 Å². The van der Waals surface area contributed by atoms with Crippen LogP contribution >= 0.6 is 0 Å². The van der Waals surface area contributed by atoms with E-state index in [-0.39, 0.29) is 0 Å². The van der Waals surface area contributed by atoms with E-state index in [0.717, 1.165) is 13.3 Å². The van der Waals surface area contributed by atoms with E-state index in [4.69, 9.17) is 0 Å². The first kappa shape index (κ1) is 13.9. The Morgan fingerprint density at radius 1 is 0.750 bits per heavy atom. The Morgan fingerprint density at radius 2 is 1.06 bits per heavy atom. The summed E-state index contributed by atoms with van der Waals surface area (Å²) >= 11 is 0. The molecule has 4 nitrogen and oxygen atoms in total. The van der Waals surface area contributed by atoms with Crippen LogP contribution < -0.4 is 10.6 Å². The Hall–Kier alpha value is -0.160. The minimum absolute atomic E-state index is 0.584. The molecule has 0 aromatic heterocycles. The van der Waals surface area contributed by atoms with Crippen molar-refractivity contribution in [1.82, 2.24) is 20.4 Å². The number of nitrogens with one attached hydrogen (secondary N) is 2. The lowest BCUT2D eigenvalue weighted by Crippen LogP contribution is -2.52. The summed E-state index contributed by atoms with van der Waals surface area (Å²) in [5.74, 6) is 0. The molecule has 1 fully saturated rings. The average molecular weight is 228 g/mol. The first-order chi connectivity index (χ1) is 7.58. The van der Waals surface area contributed by atoms with Gasteiger partial charge in [0.25, 0.3) is 0 Å². The van der Waals surface area contributed by atoms with Crippen molar-refractivity contribution in [3.63, 3.8) is 0 Å². The van der Waals surface area contributed by atoms with Crippen LogP contribution in [-0.4, -0.2) is 61.4 Å². The van der Waals surface area contributed by atoms with Crippen molar-refractivity contribution < 1.29 is 0 Å². The summed E-state index contributed by atoms with van der Waals surface area (Å²) in [6.45, 7) is 15.6. The highest BCUT2D eigenvalue weighted by molar-refractivity contribution is 4.71. The minimum atomic E-state index is 0.584. The predicted octanol–water partition coefficient (Wildman–Crippen LogP) is 0.515. The van der Waals surface area contributed by atoms with Gasteiger partial charge in [0.1, 0.15) is 0 Å². The zero-order valence-electron chi connectivity index (χ0n) is 11.3. The highest BCUT2D eigenvalue weighted by atomic mass is 15.3. The second-order valence-electron chi connectivity index (χ2n) is 5.27. The van der Waals surface area contributed by atoms with Gasteiger partial charge in [-0.05, 0) is 27.7 Å². The van der Waals surface area contributed by atoms with E-state index >= 15 is 0 Å². The van der Waals surface area contributed by atoms with Gasteiger partial charge in [0.15, 0.2) is 0 Å². The molecule has 1 aliphatic heterocycles. The van der Waals surface area contributed by atoms with Gasteiger partial charge in [-0.3, -0.25) is 9.80 Å². The average Bonchev–Trinajstić information content (AvgIpc) is 2.25. The molecule has 0 spiro atoms. The third kappa shape index (κ3) is 5.80. The largest absolute Gasteiger partial charge is 0.302 e. The minimum Gasteiger partial charge on any atom is -0.302 e. The summed E-state index contributed by atoms with van der Waals surface area (Å²) in [6, 6.07) is 1.17. The lowest BCUT2D eigenvalue weighted by atomic mass is 10.3. The summed E-state index contributed by atoms with van der Waals surface area (Å²) in [5, 5.41) is 6.94. The Labute approximate surface area is 100 Å². The van der Waals surface area contributed by atoms with Crippen molar-refractivity contribution in [1.29, 1.82) is 0 Å². The third-order valence-electron chi connectivity index (χ3n) is 2.91. The summed E-state index contributed by atoms with van der Waals surface area (Å²) < 4.78 is 0. The SMILES string of the molecule is CC(C)NCN1CCN(CNC(C)C)CC1. The van der Waals surface area contributed by atoms with Gasteiger partial charge in [-0.15, -0.1) is 0 Å². The highest BCUT2D eigenvalue weighted by Crippen LogP contribution is 1.99. The molecular weight excluding hydrogens is 200 g/mol. The molecule has 4 heteroatoms. The van der Waals surface area contributed by atoms with E-state index in [0.29, 0.717) is 12.1 Å². The lowest BCUT2D eigenvalue weighted by Gasteiger charge is -2.35. The van der Waals surface area contributed by atoms with Gasteiger partial charge < -0.3 is 10.6 Å². The fraction of sp³-hybridized carbons (Fsp3) is 1.00. The Kier molecular flexibility index (Phi) is 6.28. The van der Waals surface area contributed by atoms with Crippen LogP contribution in [0.2, 0.25) is 0 Å².